The quantitative estimate of drug-likeness (QED) is 0.288. The number of hydrogen-bond acceptors (Lipinski definition) is 5. The van der Waals surface area contributed by atoms with Crippen molar-refractivity contribution in [2.45, 2.75) is 13.2 Å². The van der Waals surface area contributed by atoms with Crippen LogP contribution in [-0.2, 0) is 17.9 Å². The standard InChI is InChI=1S/C25H18BrClFNO4S/c1-32-21-11-17(10-20(26)23(21)33-14-16-2-6-18(27)7-3-16)12-22-24(30)29(25(31)34-22)13-15-4-8-19(28)9-5-15/h2-12H,13-14H2,1H3/b22-12-. The molecule has 0 saturated carbocycles. The second-order valence-corrected chi connectivity index (χ2v) is 9.63. The number of carbonyl (C=O) groups is 2. The summed E-state index contributed by atoms with van der Waals surface area (Å²) in [7, 11) is 1.53. The molecule has 0 atom stereocenters. The Morgan fingerprint density at radius 2 is 1.74 bits per heavy atom. The molecule has 1 aliphatic heterocycles. The summed E-state index contributed by atoms with van der Waals surface area (Å²) in [5.41, 5.74) is 2.27. The Bertz CT molecular complexity index is 1270. The minimum absolute atomic E-state index is 0.0762. The van der Waals surface area contributed by atoms with Gasteiger partial charge in [-0.15, -0.1) is 0 Å². The Balaban J connectivity index is 1.52. The smallest absolute Gasteiger partial charge is 0.293 e. The van der Waals surface area contributed by atoms with E-state index >= 15 is 0 Å². The molecule has 5 nitrogen and oxygen atoms in total. The minimum Gasteiger partial charge on any atom is -0.493 e. The first-order chi connectivity index (χ1) is 16.3. The van der Waals surface area contributed by atoms with E-state index in [1.54, 1.807) is 42.5 Å². The molecule has 34 heavy (non-hydrogen) atoms. The average Bonchev–Trinajstić information content (AvgIpc) is 3.07. The monoisotopic (exact) mass is 561 g/mol. The number of hydrogen-bond donors (Lipinski definition) is 0. The van der Waals surface area contributed by atoms with Crippen molar-refractivity contribution in [2.24, 2.45) is 0 Å². The summed E-state index contributed by atoms with van der Waals surface area (Å²) in [6.07, 6.45) is 1.63. The average molecular weight is 563 g/mol. The molecule has 0 spiro atoms. The summed E-state index contributed by atoms with van der Waals surface area (Å²) in [6.45, 7) is 0.389. The van der Waals surface area contributed by atoms with Crippen molar-refractivity contribution in [1.29, 1.82) is 0 Å². The Kier molecular flexibility index (Phi) is 7.60. The topological polar surface area (TPSA) is 55.8 Å². The van der Waals surface area contributed by atoms with Gasteiger partial charge < -0.3 is 9.47 Å². The van der Waals surface area contributed by atoms with E-state index in [0.717, 1.165) is 22.2 Å². The number of carbonyl (C=O) groups excluding carboxylic acids is 2. The molecule has 0 bridgehead atoms. The summed E-state index contributed by atoms with van der Waals surface area (Å²) in [5, 5.41) is 0.267. The summed E-state index contributed by atoms with van der Waals surface area (Å²) >= 11 is 10.3. The number of benzene rings is 3. The van der Waals surface area contributed by atoms with Gasteiger partial charge in [0, 0.05) is 5.02 Å². The van der Waals surface area contributed by atoms with Crippen LogP contribution in [0, 0.1) is 5.82 Å². The molecule has 174 valence electrons. The van der Waals surface area contributed by atoms with Gasteiger partial charge in [-0.25, -0.2) is 4.39 Å². The molecule has 1 saturated heterocycles. The number of thioether (sulfide) groups is 1. The molecule has 9 heteroatoms. The summed E-state index contributed by atoms with van der Waals surface area (Å²) in [6, 6.07) is 16.5. The van der Waals surface area contributed by atoms with Gasteiger partial charge in [-0.05, 0) is 86.9 Å². The summed E-state index contributed by atoms with van der Waals surface area (Å²) in [4.78, 5) is 26.7. The molecule has 1 aliphatic rings. The lowest BCUT2D eigenvalue weighted by molar-refractivity contribution is -0.123. The first-order valence-corrected chi connectivity index (χ1v) is 12.1. The molecule has 0 radical (unpaired) electrons. The van der Waals surface area contributed by atoms with Crippen LogP contribution in [0.2, 0.25) is 5.02 Å². The van der Waals surface area contributed by atoms with Gasteiger partial charge in [0.2, 0.25) is 0 Å². The number of amides is 2. The second-order valence-electron chi connectivity index (χ2n) is 7.34. The van der Waals surface area contributed by atoms with E-state index in [4.69, 9.17) is 21.1 Å². The highest BCUT2D eigenvalue weighted by Gasteiger charge is 2.35. The Hall–Kier alpha value is -2.81. The third-order valence-corrected chi connectivity index (χ3v) is 6.72. The maximum Gasteiger partial charge on any atom is 0.293 e. The van der Waals surface area contributed by atoms with Crippen LogP contribution in [0.5, 0.6) is 11.5 Å². The molecule has 0 unspecified atom stereocenters. The molecule has 1 heterocycles. The number of imide groups is 1. The fourth-order valence-electron chi connectivity index (χ4n) is 3.26. The fraction of sp³-hybridized carbons (Fsp3) is 0.120. The van der Waals surface area contributed by atoms with Crippen LogP contribution in [-0.4, -0.2) is 23.2 Å². The van der Waals surface area contributed by atoms with Gasteiger partial charge in [-0.2, -0.15) is 0 Å². The molecule has 2 amide bonds. The van der Waals surface area contributed by atoms with E-state index in [1.807, 2.05) is 12.1 Å². The van der Waals surface area contributed by atoms with Gasteiger partial charge in [0.25, 0.3) is 11.1 Å². The van der Waals surface area contributed by atoms with Gasteiger partial charge in [-0.1, -0.05) is 35.9 Å². The van der Waals surface area contributed by atoms with Crippen molar-refractivity contribution in [3.63, 3.8) is 0 Å². The number of halogens is 3. The van der Waals surface area contributed by atoms with E-state index in [-0.39, 0.29) is 22.5 Å². The van der Waals surface area contributed by atoms with Gasteiger partial charge in [0.15, 0.2) is 11.5 Å². The van der Waals surface area contributed by atoms with Crippen molar-refractivity contribution in [3.8, 4) is 11.5 Å². The zero-order valence-corrected chi connectivity index (χ0v) is 21.0. The summed E-state index contributed by atoms with van der Waals surface area (Å²) in [5.74, 6) is 0.203. The van der Waals surface area contributed by atoms with Crippen LogP contribution >= 0.6 is 39.3 Å². The highest BCUT2D eigenvalue weighted by atomic mass is 79.9. The highest BCUT2D eigenvalue weighted by Crippen LogP contribution is 2.39. The third kappa shape index (κ3) is 5.63. The van der Waals surface area contributed by atoms with Gasteiger partial charge >= 0.3 is 0 Å². The number of methoxy groups -OCH3 is 1. The largest absolute Gasteiger partial charge is 0.493 e. The van der Waals surface area contributed by atoms with Crippen LogP contribution in [0.15, 0.2) is 70.0 Å². The van der Waals surface area contributed by atoms with Crippen molar-refractivity contribution in [2.75, 3.05) is 7.11 Å². The van der Waals surface area contributed by atoms with Crippen LogP contribution in [0.25, 0.3) is 6.08 Å². The first kappa shape index (κ1) is 24.3. The molecular weight excluding hydrogens is 545 g/mol. The normalized spacial score (nSPS) is 14.7. The first-order valence-electron chi connectivity index (χ1n) is 10.1. The molecule has 3 aromatic carbocycles. The van der Waals surface area contributed by atoms with Crippen LogP contribution < -0.4 is 9.47 Å². The zero-order chi connectivity index (χ0) is 24.2. The fourth-order valence-corrected chi connectivity index (χ4v) is 4.80. The number of nitrogens with zero attached hydrogens (tertiary/aromatic N) is 1. The van der Waals surface area contributed by atoms with Gasteiger partial charge in [0.1, 0.15) is 12.4 Å². The lowest BCUT2D eigenvalue weighted by Gasteiger charge is -2.14. The van der Waals surface area contributed by atoms with Gasteiger partial charge in [0.05, 0.1) is 23.0 Å². The van der Waals surface area contributed by atoms with E-state index in [1.165, 1.54) is 19.2 Å². The van der Waals surface area contributed by atoms with Crippen molar-refractivity contribution in [1.82, 2.24) is 4.90 Å². The predicted octanol–water partition coefficient (Wildman–Crippen LogP) is 7.07. The van der Waals surface area contributed by atoms with E-state index in [2.05, 4.69) is 15.9 Å². The third-order valence-electron chi connectivity index (χ3n) is 4.97. The number of ether oxygens (including phenoxy) is 2. The molecule has 0 aliphatic carbocycles. The molecule has 0 aromatic heterocycles. The van der Waals surface area contributed by atoms with Crippen molar-refractivity contribution >= 4 is 56.5 Å². The molecule has 1 fully saturated rings. The van der Waals surface area contributed by atoms with Gasteiger partial charge in [-0.3, -0.25) is 14.5 Å². The Morgan fingerprint density at radius 1 is 1.06 bits per heavy atom. The molecular formula is C25H18BrClFNO4S. The summed E-state index contributed by atoms with van der Waals surface area (Å²) < 4.78 is 25.2. The zero-order valence-electron chi connectivity index (χ0n) is 17.9. The molecule has 4 rings (SSSR count). The lowest BCUT2D eigenvalue weighted by Crippen LogP contribution is -2.27. The van der Waals surface area contributed by atoms with Crippen LogP contribution in [0.3, 0.4) is 0 Å². The van der Waals surface area contributed by atoms with E-state index < -0.39 is 5.91 Å². The predicted molar refractivity (Wildman–Crippen MR) is 134 cm³/mol. The van der Waals surface area contributed by atoms with Crippen molar-refractivity contribution < 1.29 is 23.5 Å². The second kappa shape index (κ2) is 10.6. The van der Waals surface area contributed by atoms with Crippen LogP contribution in [0.4, 0.5) is 9.18 Å². The number of rotatable bonds is 7. The van der Waals surface area contributed by atoms with E-state index in [0.29, 0.717) is 38.7 Å². The SMILES string of the molecule is COc1cc(/C=C2\SC(=O)N(Cc3ccc(F)cc3)C2=O)cc(Br)c1OCc1ccc(Cl)cc1. The Labute approximate surface area is 213 Å². The minimum atomic E-state index is -0.405. The maximum atomic E-state index is 13.1. The molecule has 3 aromatic rings. The maximum absolute atomic E-state index is 13.1. The van der Waals surface area contributed by atoms with E-state index in [9.17, 15) is 14.0 Å². The van der Waals surface area contributed by atoms with Crippen molar-refractivity contribution in [3.05, 3.63) is 97.6 Å². The Morgan fingerprint density at radius 3 is 2.41 bits per heavy atom. The van der Waals surface area contributed by atoms with Crippen LogP contribution in [0.1, 0.15) is 16.7 Å². The molecule has 0 N–H and O–H groups in total. The highest BCUT2D eigenvalue weighted by molar-refractivity contribution is 9.10. The lowest BCUT2D eigenvalue weighted by atomic mass is 10.1.